The van der Waals surface area contributed by atoms with Gasteiger partial charge < -0.3 is 10.0 Å². The van der Waals surface area contributed by atoms with Crippen LogP contribution in [0.15, 0.2) is 42.7 Å². The lowest BCUT2D eigenvalue weighted by Gasteiger charge is -2.42. The molecule has 1 amide bonds. The molecular weight excluding hydrogens is 316 g/mol. The van der Waals surface area contributed by atoms with Crippen molar-refractivity contribution in [3.63, 3.8) is 0 Å². The molecule has 6 nitrogen and oxygen atoms in total. The summed E-state index contributed by atoms with van der Waals surface area (Å²) >= 11 is 0. The zero-order valence-corrected chi connectivity index (χ0v) is 15.1. The summed E-state index contributed by atoms with van der Waals surface area (Å²) in [7, 11) is 0. The number of hydrogen-bond acceptors (Lipinski definition) is 4. The first-order valence-electron chi connectivity index (χ1n) is 8.70. The van der Waals surface area contributed by atoms with Gasteiger partial charge in [0, 0.05) is 44.6 Å². The summed E-state index contributed by atoms with van der Waals surface area (Å²) in [5.74, 6) is 0.0286. The molecule has 2 heterocycles. The highest BCUT2D eigenvalue weighted by Crippen LogP contribution is 2.19. The van der Waals surface area contributed by atoms with Crippen molar-refractivity contribution in [2.24, 2.45) is 0 Å². The van der Waals surface area contributed by atoms with Crippen molar-refractivity contribution in [2.75, 3.05) is 26.2 Å². The van der Waals surface area contributed by atoms with Gasteiger partial charge in [-0.1, -0.05) is 12.1 Å². The largest absolute Gasteiger partial charge is 0.389 e. The Balaban J connectivity index is 1.75. The van der Waals surface area contributed by atoms with E-state index in [0.29, 0.717) is 25.2 Å². The van der Waals surface area contributed by atoms with Crippen molar-refractivity contribution in [3.05, 3.63) is 48.3 Å². The lowest BCUT2D eigenvalue weighted by molar-refractivity contribution is -0.00143. The van der Waals surface area contributed by atoms with Gasteiger partial charge in [-0.3, -0.25) is 9.69 Å². The number of β-amino-alcohol motifs (C(OH)–C–C–N with tert-alkyl or cyclic N) is 1. The number of aliphatic hydroxyl groups is 1. The summed E-state index contributed by atoms with van der Waals surface area (Å²) in [5, 5.41) is 14.3. The van der Waals surface area contributed by atoms with Crippen LogP contribution in [0.5, 0.6) is 0 Å². The van der Waals surface area contributed by atoms with Gasteiger partial charge in [-0.25, -0.2) is 4.68 Å². The van der Waals surface area contributed by atoms with Crippen molar-refractivity contribution < 1.29 is 9.90 Å². The van der Waals surface area contributed by atoms with Crippen molar-refractivity contribution in [1.82, 2.24) is 19.6 Å². The molecule has 3 rings (SSSR count). The molecule has 2 aromatic rings. The minimum absolute atomic E-state index is 0.0286. The van der Waals surface area contributed by atoms with Crippen LogP contribution in [-0.2, 0) is 0 Å². The molecule has 0 aliphatic carbocycles. The van der Waals surface area contributed by atoms with Gasteiger partial charge >= 0.3 is 0 Å². The zero-order chi connectivity index (χ0) is 18.0. The van der Waals surface area contributed by atoms with E-state index in [9.17, 15) is 9.90 Å². The van der Waals surface area contributed by atoms with Crippen molar-refractivity contribution in [2.45, 2.75) is 32.4 Å². The Kier molecular flexibility index (Phi) is 4.92. The average Bonchev–Trinajstić information content (AvgIpc) is 3.09. The Bertz CT molecular complexity index is 721. The molecule has 1 unspecified atom stereocenters. The molecule has 6 heteroatoms. The fraction of sp³-hybridized carbons (Fsp3) is 0.474. The zero-order valence-electron chi connectivity index (χ0n) is 15.1. The molecule has 1 fully saturated rings. The summed E-state index contributed by atoms with van der Waals surface area (Å²) in [6.07, 6.45) is 3.55. The molecule has 0 saturated carbocycles. The molecule has 1 aliphatic heterocycles. The Hall–Kier alpha value is -2.18. The van der Waals surface area contributed by atoms with Gasteiger partial charge in [-0.2, -0.15) is 5.10 Å². The molecule has 25 heavy (non-hydrogen) atoms. The second-order valence-corrected chi connectivity index (χ2v) is 7.35. The number of aromatic nitrogens is 2. The number of para-hydroxylation sites is 1. The van der Waals surface area contributed by atoms with E-state index < -0.39 is 5.60 Å². The summed E-state index contributed by atoms with van der Waals surface area (Å²) < 4.78 is 1.72. The monoisotopic (exact) mass is 342 g/mol. The summed E-state index contributed by atoms with van der Waals surface area (Å²) in [4.78, 5) is 17.2. The summed E-state index contributed by atoms with van der Waals surface area (Å²) in [6.45, 7) is 8.43. The smallest absolute Gasteiger partial charge is 0.256 e. The number of nitrogens with zero attached hydrogens (tertiary/aromatic N) is 4. The Morgan fingerprint density at radius 1 is 1.28 bits per heavy atom. The third-order valence-corrected chi connectivity index (χ3v) is 4.53. The SMILES string of the molecule is CC1CN(C(=O)c2ccccc2-n2cccn2)CCN1CC(C)(C)O. The van der Waals surface area contributed by atoms with E-state index in [-0.39, 0.29) is 11.9 Å². The maximum Gasteiger partial charge on any atom is 0.256 e. The highest BCUT2D eigenvalue weighted by atomic mass is 16.3. The van der Waals surface area contributed by atoms with E-state index in [1.165, 1.54) is 0 Å². The summed E-state index contributed by atoms with van der Waals surface area (Å²) in [5.41, 5.74) is 0.728. The predicted octanol–water partition coefficient (Wildman–Crippen LogP) is 1.79. The van der Waals surface area contributed by atoms with Gasteiger partial charge in [0.05, 0.1) is 16.9 Å². The third-order valence-electron chi connectivity index (χ3n) is 4.53. The number of benzene rings is 1. The van der Waals surface area contributed by atoms with E-state index in [0.717, 1.165) is 12.2 Å². The summed E-state index contributed by atoms with van der Waals surface area (Å²) in [6, 6.07) is 9.62. The number of hydrogen-bond donors (Lipinski definition) is 1. The van der Waals surface area contributed by atoms with Crippen molar-refractivity contribution >= 4 is 5.91 Å². The molecule has 1 aliphatic rings. The maximum atomic E-state index is 13.1. The number of amides is 1. The van der Waals surface area contributed by atoms with Crippen molar-refractivity contribution in [1.29, 1.82) is 0 Å². The maximum absolute atomic E-state index is 13.1. The number of carbonyl (C=O) groups excluding carboxylic acids is 1. The fourth-order valence-corrected chi connectivity index (χ4v) is 3.35. The van der Waals surface area contributed by atoms with Crippen LogP contribution in [0.4, 0.5) is 0 Å². The molecular formula is C19H26N4O2. The van der Waals surface area contributed by atoms with E-state index in [1.807, 2.05) is 55.3 Å². The topological polar surface area (TPSA) is 61.6 Å². The molecule has 1 N–H and O–H groups in total. The van der Waals surface area contributed by atoms with Gasteiger partial charge in [-0.05, 0) is 39.0 Å². The molecule has 134 valence electrons. The highest BCUT2D eigenvalue weighted by Gasteiger charge is 2.31. The van der Waals surface area contributed by atoms with Crippen LogP contribution in [0.2, 0.25) is 0 Å². The van der Waals surface area contributed by atoms with Gasteiger partial charge in [0.2, 0.25) is 0 Å². The first-order valence-corrected chi connectivity index (χ1v) is 8.70. The quantitative estimate of drug-likeness (QED) is 0.920. The molecule has 1 aromatic carbocycles. The van der Waals surface area contributed by atoms with E-state index in [1.54, 1.807) is 10.9 Å². The molecule has 0 bridgehead atoms. The molecule has 1 atom stereocenters. The number of carbonyl (C=O) groups is 1. The van der Waals surface area contributed by atoms with Gasteiger partial charge in [0.15, 0.2) is 0 Å². The van der Waals surface area contributed by atoms with Crippen LogP contribution in [0.25, 0.3) is 5.69 Å². The van der Waals surface area contributed by atoms with Crippen LogP contribution in [0.1, 0.15) is 31.1 Å². The van der Waals surface area contributed by atoms with Crippen molar-refractivity contribution in [3.8, 4) is 5.69 Å². The van der Waals surface area contributed by atoms with Gasteiger partial charge in [-0.15, -0.1) is 0 Å². The Labute approximate surface area is 148 Å². The Morgan fingerprint density at radius 2 is 2.04 bits per heavy atom. The lowest BCUT2D eigenvalue weighted by atomic mass is 10.1. The minimum Gasteiger partial charge on any atom is -0.389 e. The average molecular weight is 342 g/mol. The lowest BCUT2D eigenvalue weighted by Crippen LogP contribution is -2.56. The van der Waals surface area contributed by atoms with Crippen LogP contribution in [-0.4, -0.2) is 68.4 Å². The van der Waals surface area contributed by atoms with E-state index in [2.05, 4.69) is 16.9 Å². The standard InChI is InChI=1S/C19H26N4O2/c1-15-13-21(11-12-22(15)14-19(2,3)25)18(24)16-7-4-5-8-17(16)23-10-6-9-20-23/h4-10,15,25H,11-14H2,1-3H3. The minimum atomic E-state index is -0.729. The predicted molar refractivity (Wildman–Crippen MR) is 96.8 cm³/mol. The number of rotatable bonds is 4. The van der Waals surface area contributed by atoms with E-state index >= 15 is 0 Å². The normalized spacial score (nSPS) is 19.2. The van der Waals surface area contributed by atoms with E-state index in [4.69, 9.17) is 0 Å². The third kappa shape index (κ3) is 4.08. The van der Waals surface area contributed by atoms with Crippen LogP contribution in [0, 0.1) is 0 Å². The van der Waals surface area contributed by atoms with Crippen LogP contribution >= 0.6 is 0 Å². The van der Waals surface area contributed by atoms with Gasteiger partial charge in [0.25, 0.3) is 5.91 Å². The first-order chi connectivity index (χ1) is 11.8. The molecule has 1 aromatic heterocycles. The second kappa shape index (κ2) is 6.98. The van der Waals surface area contributed by atoms with Crippen LogP contribution < -0.4 is 0 Å². The molecule has 0 spiro atoms. The molecule has 0 radical (unpaired) electrons. The Morgan fingerprint density at radius 3 is 2.68 bits per heavy atom. The van der Waals surface area contributed by atoms with Gasteiger partial charge in [0.1, 0.15) is 0 Å². The van der Waals surface area contributed by atoms with Crippen LogP contribution in [0.3, 0.4) is 0 Å². The first kappa shape index (κ1) is 17.6. The fourth-order valence-electron chi connectivity index (χ4n) is 3.35. The highest BCUT2D eigenvalue weighted by molar-refractivity contribution is 5.97. The second-order valence-electron chi connectivity index (χ2n) is 7.35. The number of piperazine rings is 1. The molecule has 1 saturated heterocycles.